The standard InChI is InChI=1S/C18H18ClN3O2/c1-24-14-6-7-16-15(11-14)18(23)22(9-3-8-20)17(21-16)12-4-2-5-13(19)10-12/h2,4-7,10-11H,3,8-9,20H2,1H3. The van der Waals surface area contributed by atoms with Crippen LogP contribution < -0.4 is 16.0 Å². The molecule has 0 atom stereocenters. The SMILES string of the molecule is COc1ccc2nc(-c3cccc(Cl)c3)n(CCCN)c(=O)c2c1. The molecule has 0 bridgehead atoms. The Morgan fingerprint density at radius 3 is 2.79 bits per heavy atom. The normalized spacial score (nSPS) is 11.0. The molecule has 0 saturated carbocycles. The summed E-state index contributed by atoms with van der Waals surface area (Å²) in [6.07, 6.45) is 0.685. The minimum atomic E-state index is -0.109. The first-order chi connectivity index (χ1) is 11.6. The van der Waals surface area contributed by atoms with Crippen molar-refractivity contribution in [3.8, 4) is 17.1 Å². The molecule has 1 aromatic heterocycles. The lowest BCUT2D eigenvalue weighted by molar-refractivity contribution is 0.415. The van der Waals surface area contributed by atoms with Crippen molar-refractivity contribution in [1.29, 1.82) is 0 Å². The second-order valence-corrected chi connectivity index (χ2v) is 5.86. The number of ether oxygens (including phenoxy) is 1. The maximum atomic E-state index is 13.0. The number of hydrogen-bond acceptors (Lipinski definition) is 4. The monoisotopic (exact) mass is 343 g/mol. The van der Waals surface area contributed by atoms with Crippen LogP contribution in [-0.2, 0) is 6.54 Å². The van der Waals surface area contributed by atoms with Gasteiger partial charge >= 0.3 is 0 Å². The van der Waals surface area contributed by atoms with Gasteiger partial charge in [-0.25, -0.2) is 4.98 Å². The number of hydrogen-bond donors (Lipinski definition) is 1. The fourth-order valence-electron chi connectivity index (χ4n) is 2.63. The van der Waals surface area contributed by atoms with E-state index >= 15 is 0 Å². The van der Waals surface area contributed by atoms with Crippen LogP contribution in [0.2, 0.25) is 5.02 Å². The van der Waals surface area contributed by atoms with E-state index < -0.39 is 0 Å². The van der Waals surface area contributed by atoms with Crippen molar-refractivity contribution >= 4 is 22.5 Å². The number of nitrogens with zero attached hydrogens (tertiary/aromatic N) is 2. The minimum absolute atomic E-state index is 0.109. The molecule has 0 aliphatic rings. The van der Waals surface area contributed by atoms with Gasteiger partial charge in [-0.2, -0.15) is 0 Å². The van der Waals surface area contributed by atoms with Gasteiger partial charge in [0.05, 0.1) is 18.0 Å². The molecule has 0 aliphatic carbocycles. The van der Waals surface area contributed by atoms with Crippen LogP contribution in [0.4, 0.5) is 0 Å². The second-order valence-electron chi connectivity index (χ2n) is 5.43. The first-order valence-electron chi connectivity index (χ1n) is 7.68. The van der Waals surface area contributed by atoms with Gasteiger partial charge in [0.15, 0.2) is 0 Å². The molecule has 2 aromatic carbocycles. The topological polar surface area (TPSA) is 70.1 Å². The molecule has 3 rings (SSSR count). The van der Waals surface area contributed by atoms with E-state index in [0.29, 0.717) is 47.0 Å². The lowest BCUT2D eigenvalue weighted by atomic mass is 10.1. The van der Waals surface area contributed by atoms with E-state index in [1.807, 2.05) is 12.1 Å². The predicted octanol–water partition coefficient (Wildman–Crippen LogP) is 3.07. The first-order valence-corrected chi connectivity index (χ1v) is 8.06. The molecule has 6 heteroatoms. The summed E-state index contributed by atoms with van der Waals surface area (Å²) in [6.45, 7) is 0.995. The highest BCUT2D eigenvalue weighted by Gasteiger charge is 2.13. The van der Waals surface area contributed by atoms with E-state index in [-0.39, 0.29) is 5.56 Å². The van der Waals surface area contributed by atoms with Crippen molar-refractivity contribution in [3.05, 3.63) is 57.8 Å². The van der Waals surface area contributed by atoms with Gasteiger partial charge in [0.1, 0.15) is 11.6 Å². The van der Waals surface area contributed by atoms with Gasteiger partial charge < -0.3 is 10.5 Å². The molecule has 0 unspecified atom stereocenters. The summed E-state index contributed by atoms with van der Waals surface area (Å²) in [6, 6.07) is 12.6. The van der Waals surface area contributed by atoms with Crippen LogP contribution in [0.15, 0.2) is 47.3 Å². The summed E-state index contributed by atoms with van der Waals surface area (Å²) in [5.41, 5.74) is 6.94. The van der Waals surface area contributed by atoms with Crippen LogP contribution in [0, 0.1) is 0 Å². The van der Waals surface area contributed by atoms with Crippen LogP contribution in [0.5, 0.6) is 5.75 Å². The zero-order valence-electron chi connectivity index (χ0n) is 13.3. The average molecular weight is 344 g/mol. The van der Waals surface area contributed by atoms with Crippen LogP contribution in [0.1, 0.15) is 6.42 Å². The molecular weight excluding hydrogens is 326 g/mol. The number of fused-ring (bicyclic) bond motifs is 1. The molecule has 0 aliphatic heterocycles. The van der Waals surface area contributed by atoms with Crippen LogP contribution >= 0.6 is 11.6 Å². The largest absolute Gasteiger partial charge is 0.497 e. The third-order valence-corrected chi connectivity index (χ3v) is 4.07. The molecular formula is C18H18ClN3O2. The Balaban J connectivity index is 2.28. The van der Waals surface area contributed by atoms with Gasteiger partial charge in [-0.3, -0.25) is 9.36 Å². The second kappa shape index (κ2) is 7.03. The Labute approximate surface area is 144 Å². The fraction of sp³-hybridized carbons (Fsp3) is 0.222. The van der Waals surface area contributed by atoms with Crippen LogP contribution in [0.3, 0.4) is 0 Å². The lowest BCUT2D eigenvalue weighted by Gasteiger charge is -2.14. The van der Waals surface area contributed by atoms with Gasteiger partial charge in [0.25, 0.3) is 5.56 Å². The average Bonchev–Trinajstić information content (AvgIpc) is 2.60. The van der Waals surface area contributed by atoms with E-state index in [1.165, 1.54) is 0 Å². The Kier molecular flexibility index (Phi) is 4.83. The third-order valence-electron chi connectivity index (χ3n) is 3.83. The third kappa shape index (κ3) is 3.13. The smallest absolute Gasteiger partial charge is 0.261 e. The first kappa shape index (κ1) is 16.5. The maximum Gasteiger partial charge on any atom is 0.261 e. The zero-order chi connectivity index (χ0) is 17.1. The van der Waals surface area contributed by atoms with E-state index in [0.717, 1.165) is 5.56 Å². The number of nitrogens with two attached hydrogens (primary N) is 1. The van der Waals surface area contributed by atoms with Gasteiger partial charge in [0, 0.05) is 17.1 Å². The van der Waals surface area contributed by atoms with Gasteiger partial charge in [-0.05, 0) is 43.3 Å². The zero-order valence-corrected chi connectivity index (χ0v) is 14.1. The molecule has 1 heterocycles. The van der Waals surface area contributed by atoms with Crippen LogP contribution in [-0.4, -0.2) is 23.2 Å². The lowest BCUT2D eigenvalue weighted by Crippen LogP contribution is -2.24. The molecule has 5 nitrogen and oxygen atoms in total. The number of rotatable bonds is 5. The minimum Gasteiger partial charge on any atom is -0.497 e. The Morgan fingerprint density at radius 2 is 2.08 bits per heavy atom. The Morgan fingerprint density at radius 1 is 1.25 bits per heavy atom. The van der Waals surface area contributed by atoms with Crippen molar-refractivity contribution in [1.82, 2.24) is 9.55 Å². The summed E-state index contributed by atoms with van der Waals surface area (Å²) in [4.78, 5) is 17.7. The molecule has 124 valence electrons. The van der Waals surface area contributed by atoms with E-state index in [4.69, 9.17) is 22.1 Å². The van der Waals surface area contributed by atoms with E-state index in [1.54, 1.807) is 42.0 Å². The molecule has 0 radical (unpaired) electrons. The molecule has 0 fully saturated rings. The van der Waals surface area contributed by atoms with Crippen molar-refractivity contribution in [2.45, 2.75) is 13.0 Å². The van der Waals surface area contributed by atoms with Gasteiger partial charge in [0.2, 0.25) is 0 Å². The number of aromatic nitrogens is 2. The number of benzene rings is 2. The van der Waals surface area contributed by atoms with E-state index in [9.17, 15) is 4.79 Å². The van der Waals surface area contributed by atoms with E-state index in [2.05, 4.69) is 4.98 Å². The van der Waals surface area contributed by atoms with Crippen molar-refractivity contribution < 1.29 is 4.74 Å². The molecule has 0 spiro atoms. The predicted molar refractivity (Wildman–Crippen MR) is 96.7 cm³/mol. The van der Waals surface area contributed by atoms with Crippen molar-refractivity contribution in [2.75, 3.05) is 13.7 Å². The highest BCUT2D eigenvalue weighted by atomic mass is 35.5. The Hall–Kier alpha value is -2.37. The highest BCUT2D eigenvalue weighted by molar-refractivity contribution is 6.30. The molecule has 0 saturated heterocycles. The summed E-state index contributed by atoms with van der Waals surface area (Å²) >= 11 is 6.10. The molecule has 2 N–H and O–H groups in total. The van der Waals surface area contributed by atoms with Crippen molar-refractivity contribution in [3.63, 3.8) is 0 Å². The molecule has 0 amide bonds. The van der Waals surface area contributed by atoms with Crippen molar-refractivity contribution in [2.24, 2.45) is 5.73 Å². The quantitative estimate of drug-likeness (QED) is 0.773. The summed E-state index contributed by atoms with van der Waals surface area (Å²) in [5, 5.41) is 1.12. The summed E-state index contributed by atoms with van der Waals surface area (Å²) in [7, 11) is 1.57. The number of methoxy groups -OCH3 is 1. The molecule has 3 aromatic rings. The highest BCUT2D eigenvalue weighted by Crippen LogP contribution is 2.24. The molecule has 24 heavy (non-hydrogen) atoms. The summed E-state index contributed by atoms with van der Waals surface area (Å²) < 4.78 is 6.87. The maximum absolute atomic E-state index is 13.0. The number of halogens is 1. The van der Waals surface area contributed by atoms with Gasteiger partial charge in [-0.15, -0.1) is 0 Å². The fourth-order valence-corrected chi connectivity index (χ4v) is 2.82. The summed E-state index contributed by atoms with van der Waals surface area (Å²) in [5.74, 6) is 1.22. The van der Waals surface area contributed by atoms with Gasteiger partial charge in [-0.1, -0.05) is 23.7 Å². The van der Waals surface area contributed by atoms with Crippen LogP contribution in [0.25, 0.3) is 22.3 Å². The Bertz CT molecular complexity index is 937.